The average Bonchev–Trinajstić information content (AvgIpc) is 3.35. The fraction of sp³-hybridized carbons (Fsp3) is 0.227. The molecule has 2 amide bonds. The van der Waals surface area contributed by atoms with Gasteiger partial charge in [-0.15, -0.1) is 11.3 Å². The zero-order valence-corrected chi connectivity index (χ0v) is 16.5. The molecule has 1 N–H and O–H groups in total. The van der Waals surface area contributed by atoms with Crippen LogP contribution in [0.2, 0.25) is 0 Å². The van der Waals surface area contributed by atoms with Crippen LogP contribution in [0.3, 0.4) is 0 Å². The lowest BCUT2D eigenvalue weighted by atomic mass is 10.1. The second-order valence-corrected chi connectivity index (χ2v) is 7.87. The predicted molar refractivity (Wildman–Crippen MR) is 111 cm³/mol. The zero-order valence-electron chi connectivity index (χ0n) is 15.7. The van der Waals surface area contributed by atoms with E-state index in [1.54, 1.807) is 17.0 Å². The van der Waals surface area contributed by atoms with E-state index in [-0.39, 0.29) is 30.0 Å². The van der Waals surface area contributed by atoms with Crippen molar-refractivity contribution in [3.8, 4) is 11.3 Å². The lowest BCUT2D eigenvalue weighted by Crippen LogP contribution is -2.30. The number of hydrogen-bond acceptors (Lipinski definition) is 4. The molecular weight excluding hydrogens is 389 g/mol. The van der Waals surface area contributed by atoms with E-state index < -0.39 is 0 Å². The highest BCUT2D eigenvalue weighted by atomic mass is 32.1. The largest absolute Gasteiger partial charge is 0.342 e. The van der Waals surface area contributed by atoms with E-state index >= 15 is 0 Å². The number of likely N-dealkylation sites (tertiary alicyclic amines) is 1. The van der Waals surface area contributed by atoms with Crippen molar-refractivity contribution in [2.75, 3.05) is 18.4 Å². The molecule has 2 aromatic carbocycles. The molecule has 0 spiro atoms. The van der Waals surface area contributed by atoms with E-state index in [4.69, 9.17) is 0 Å². The highest BCUT2D eigenvalue weighted by molar-refractivity contribution is 7.14. The Morgan fingerprint density at radius 2 is 1.93 bits per heavy atom. The first kappa shape index (κ1) is 19.3. The van der Waals surface area contributed by atoms with Gasteiger partial charge in [-0.1, -0.05) is 42.5 Å². The third-order valence-corrected chi connectivity index (χ3v) is 5.73. The van der Waals surface area contributed by atoms with Gasteiger partial charge in [0.05, 0.1) is 11.6 Å². The maximum Gasteiger partial charge on any atom is 0.231 e. The third-order valence-electron chi connectivity index (χ3n) is 4.97. The molecule has 0 bridgehead atoms. The van der Waals surface area contributed by atoms with Crippen molar-refractivity contribution in [3.63, 3.8) is 0 Å². The minimum atomic E-state index is -0.389. The molecule has 1 atom stereocenters. The van der Waals surface area contributed by atoms with Crippen LogP contribution < -0.4 is 5.32 Å². The first-order valence-electron chi connectivity index (χ1n) is 9.42. The van der Waals surface area contributed by atoms with Gasteiger partial charge in [0.25, 0.3) is 0 Å². The summed E-state index contributed by atoms with van der Waals surface area (Å²) in [5.74, 6) is -0.881. The highest BCUT2D eigenvalue weighted by Crippen LogP contribution is 2.26. The summed E-state index contributed by atoms with van der Waals surface area (Å²) in [6, 6.07) is 16.0. The number of carbonyl (C=O) groups is 2. The zero-order chi connectivity index (χ0) is 20.2. The third kappa shape index (κ3) is 4.68. The summed E-state index contributed by atoms with van der Waals surface area (Å²) in [5.41, 5.74) is 2.77. The van der Waals surface area contributed by atoms with Gasteiger partial charge in [0.15, 0.2) is 5.13 Å². The minimum Gasteiger partial charge on any atom is -0.342 e. The number of hydrogen-bond donors (Lipinski definition) is 1. The predicted octanol–water partition coefficient (Wildman–Crippen LogP) is 3.98. The van der Waals surface area contributed by atoms with Gasteiger partial charge < -0.3 is 10.2 Å². The molecule has 1 fully saturated rings. The molecule has 0 unspecified atom stereocenters. The van der Waals surface area contributed by atoms with Gasteiger partial charge in [-0.2, -0.15) is 0 Å². The number of anilines is 1. The van der Waals surface area contributed by atoms with E-state index in [1.165, 1.54) is 23.5 Å². The first-order chi connectivity index (χ1) is 14.1. The Hall–Kier alpha value is -3.06. The fourth-order valence-electron chi connectivity index (χ4n) is 3.36. The molecule has 1 aliphatic heterocycles. The number of amides is 2. The summed E-state index contributed by atoms with van der Waals surface area (Å²) in [6.45, 7) is 0.909. The highest BCUT2D eigenvalue weighted by Gasteiger charge is 2.34. The summed E-state index contributed by atoms with van der Waals surface area (Å²) >= 11 is 1.37. The maximum absolute atomic E-state index is 13.0. The van der Waals surface area contributed by atoms with Crippen molar-refractivity contribution in [2.45, 2.75) is 12.8 Å². The van der Waals surface area contributed by atoms with E-state index in [0.29, 0.717) is 24.6 Å². The Balaban J connectivity index is 1.32. The van der Waals surface area contributed by atoms with Crippen molar-refractivity contribution in [2.24, 2.45) is 5.92 Å². The number of nitrogens with one attached hydrogen (secondary N) is 1. The van der Waals surface area contributed by atoms with E-state index in [9.17, 15) is 14.0 Å². The number of benzene rings is 2. The van der Waals surface area contributed by atoms with Gasteiger partial charge in [0.2, 0.25) is 11.8 Å². The average molecular weight is 409 g/mol. The van der Waals surface area contributed by atoms with E-state index in [0.717, 1.165) is 16.8 Å². The van der Waals surface area contributed by atoms with Gasteiger partial charge in [-0.3, -0.25) is 9.59 Å². The van der Waals surface area contributed by atoms with Gasteiger partial charge >= 0.3 is 0 Å². The Kier molecular flexibility index (Phi) is 5.67. The first-order valence-corrected chi connectivity index (χ1v) is 10.3. The summed E-state index contributed by atoms with van der Waals surface area (Å²) in [7, 11) is 0. The molecule has 0 aliphatic carbocycles. The fourth-order valence-corrected chi connectivity index (χ4v) is 4.08. The lowest BCUT2D eigenvalue weighted by Gasteiger charge is -2.16. The molecule has 29 heavy (non-hydrogen) atoms. The molecule has 1 aliphatic rings. The van der Waals surface area contributed by atoms with Crippen LogP contribution in [0.1, 0.15) is 12.0 Å². The van der Waals surface area contributed by atoms with Crippen LogP contribution in [-0.2, 0) is 16.0 Å². The Bertz CT molecular complexity index is 1000. The van der Waals surface area contributed by atoms with Gasteiger partial charge in [0, 0.05) is 30.5 Å². The Morgan fingerprint density at radius 1 is 1.17 bits per heavy atom. The van der Waals surface area contributed by atoms with Crippen LogP contribution >= 0.6 is 11.3 Å². The molecule has 1 saturated heterocycles. The molecule has 148 valence electrons. The van der Waals surface area contributed by atoms with Gasteiger partial charge in [-0.25, -0.2) is 9.37 Å². The molecule has 0 saturated carbocycles. The smallest absolute Gasteiger partial charge is 0.231 e. The number of rotatable bonds is 6. The van der Waals surface area contributed by atoms with Crippen molar-refractivity contribution < 1.29 is 14.0 Å². The van der Waals surface area contributed by atoms with Crippen LogP contribution in [0.25, 0.3) is 11.3 Å². The second kappa shape index (κ2) is 8.53. The van der Waals surface area contributed by atoms with E-state index in [2.05, 4.69) is 10.3 Å². The van der Waals surface area contributed by atoms with Crippen LogP contribution in [-0.4, -0.2) is 34.8 Å². The minimum absolute atomic E-state index is 0.0311. The Morgan fingerprint density at radius 3 is 2.69 bits per heavy atom. The van der Waals surface area contributed by atoms with Crippen LogP contribution in [0.4, 0.5) is 9.52 Å². The number of nitrogens with zero attached hydrogens (tertiary/aromatic N) is 2. The number of aromatic nitrogens is 1. The van der Waals surface area contributed by atoms with E-state index in [1.807, 2.05) is 35.7 Å². The molecular formula is C22H20FN3O2S. The molecule has 1 aromatic heterocycles. The standard InChI is InChI=1S/C22H20FN3O2S/c23-18-8-6-15(7-9-18)10-11-26-13-17(12-20(26)27)21(28)25-22-24-19(14-29-22)16-4-2-1-3-5-16/h1-9,14,17H,10-13H2,(H,24,25,28)/t17-/m1/s1. The molecule has 2 heterocycles. The summed E-state index contributed by atoms with van der Waals surface area (Å²) in [5, 5.41) is 5.28. The van der Waals surface area contributed by atoms with Crippen LogP contribution in [0.5, 0.6) is 0 Å². The molecule has 3 aromatic rings. The topological polar surface area (TPSA) is 62.3 Å². The van der Waals surface area contributed by atoms with Crippen molar-refractivity contribution in [1.82, 2.24) is 9.88 Å². The van der Waals surface area contributed by atoms with Crippen molar-refractivity contribution in [3.05, 3.63) is 71.4 Å². The van der Waals surface area contributed by atoms with Gasteiger partial charge in [0.1, 0.15) is 5.82 Å². The number of carbonyl (C=O) groups excluding carboxylic acids is 2. The lowest BCUT2D eigenvalue weighted by molar-refractivity contribution is -0.128. The summed E-state index contributed by atoms with van der Waals surface area (Å²) < 4.78 is 13.0. The van der Waals surface area contributed by atoms with Crippen molar-refractivity contribution in [1.29, 1.82) is 0 Å². The van der Waals surface area contributed by atoms with Crippen molar-refractivity contribution >= 4 is 28.3 Å². The normalized spacial score (nSPS) is 16.2. The van der Waals surface area contributed by atoms with Crippen LogP contribution in [0, 0.1) is 11.7 Å². The Labute approximate surface area is 172 Å². The molecule has 5 nitrogen and oxygen atoms in total. The maximum atomic E-state index is 13.0. The summed E-state index contributed by atoms with van der Waals surface area (Å²) in [6.07, 6.45) is 0.833. The van der Waals surface area contributed by atoms with Crippen LogP contribution in [0.15, 0.2) is 60.0 Å². The van der Waals surface area contributed by atoms with Gasteiger partial charge in [-0.05, 0) is 24.1 Å². The monoisotopic (exact) mass is 409 g/mol. The summed E-state index contributed by atoms with van der Waals surface area (Å²) in [4.78, 5) is 31.0. The molecule has 0 radical (unpaired) electrons. The number of halogens is 1. The number of thiazole rings is 1. The quantitative estimate of drug-likeness (QED) is 0.670. The molecule has 4 rings (SSSR count). The molecule has 7 heteroatoms. The second-order valence-electron chi connectivity index (χ2n) is 7.01. The SMILES string of the molecule is O=C(Nc1nc(-c2ccccc2)cs1)[C@@H]1CC(=O)N(CCc2ccc(F)cc2)C1.